The van der Waals surface area contributed by atoms with Crippen LogP contribution < -0.4 is 0 Å². The minimum Gasteiger partial charge on any atom is -0.339 e. The number of carbonyl (C=O) groups excluding carboxylic acids is 1. The van der Waals surface area contributed by atoms with Crippen LogP contribution in [0.15, 0.2) is 42.7 Å². The number of carbonyl (C=O) groups is 1. The summed E-state index contributed by atoms with van der Waals surface area (Å²) in [6.45, 7) is 4.68. The van der Waals surface area contributed by atoms with Gasteiger partial charge in [-0.3, -0.25) is 9.48 Å². The van der Waals surface area contributed by atoms with Crippen LogP contribution in [0.1, 0.15) is 29.8 Å². The number of amides is 1. The zero-order valence-electron chi connectivity index (χ0n) is 16.9. The Hall–Kier alpha value is -3.00. The molecule has 0 unspecified atom stereocenters. The van der Waals surface area contributed by atoms with Crippen molar-refractivity contribution in [3.8, 4) is 0 Å². The molecule has 0 N–H and O–H groups in total. The van der Waals surface area contributed by atoms with Crippen LogP contribution >= 0.6 is 11.6 Å². The summed E-state index contributed by atoms with van der Waals surface area (Å²) in [5, 5.41) is 17.0. The first kappa shape index (κ1) is 20.3. The second-order valence-electron chi connectivity index (χ2n) is 7.54. The molecule has 0 radical (unpaired) electrons. The fourth-order valence-corrected chi connectivity index (χ4v) is 3.89. The first-order valence-corrected chi connectivity index (χ1v) is 10.4. The third kappa shape index (κ3) is 5.13. The fraction of sp³-hybridized carbons (Fsp3) is 0.381. The van der Waals surface area contributed by atoms with Crippen molar-refractivity contribution in [3.05, 3.63) is 64.7 Å². The molecule has 9 heteroatoms. The number of benzene rings is 1. The van der Waals surface area contributed by atoms with Crippen LogP contribution in [0.4, 0.5) is 0 Å². The molecule has 0 aliphatic carbocycles. The third-order valence-corrected chi connectivity index (χ3v) is 5.54. The van der Waals surface area contributed by atoms with E-state index < -0.39 is 0 Å². The Morgan fingerprint density at radius 2 is 2.13 bits per heavy atom. The molecule has 1 aliphatic rings. The van der Waals surface area contributed by atoms with E-state index in [4.69, 9.17) is 11.6 Å². The molecule has 1 aromatic carbocycles. The molecule has 2 aromatic heterocycles. The van der Waals surface area contributed by atoms with Gasteiger partial charge in [0.2, 0.25) is 5.91 Å². The van der Waals surface area contributed by atoms with Crippen molar-refractivity contribution in [1.29, 1.82) is 0 Å². The van der Waals surface area contributed by atoms with E-state index in [-0.39, 0.29) is 5.91 Å². The zero-order valence-corrected chi connectivity index (χ0v) is 17.6. The summed E-state index contributed by atoms with van der Waals surface area (Å²) in [5.74, 6) is 1.20. The number of piperidine rings is 1. The van der Waals surface area contributed by atoms with Gasteiger partial charge in [-0.2, -0.15) is 9.90 Å². The highest BCUT2D eigenvalue weighted by molar-refractivity contribution is 6.30. The molecule has 0 saturated carbocycles. The molecule has 3 heterocycles. The normalized spacial score (nSPS) is 15.2. The second kappa shape index (κ2) is 9.21. The lowest BCUT2D eigenvalue weighted by Crippen LogP contribution is -2.38. The van der Waals surface area contributed by atoms with E-state index in [0.717, 1.165) is 43.6 Å². The summed E-state index contributed by atoms with van der Waals surface area (Å²) in [5.41, 5.74) is 1.85. The SMILES string of the molecule is Cc1nnn(Cc2cc(Cl)ccc2C=CC(=O)N2CCC(Cn3cccn3)CC2)n1. The molecule has 156 valence electrons. The Labute approximate surface area is 180 Å². The Morgan fingerprint density at radius 1 is 1.30 bits per heavy atom. The highest BCUT2D eigenvalue weighted by Crippen LogP contribution is 2.21. The van der Waals surface area contributed by atoms with E-state index in [2.05, 4.69) is 20.5 Å². The summed E-state index contributed by atoms with van der Waals surface area (Å²) in [6.07, 6.45) is 9.24. The number of halogens is 1. The summed E-state index contributed by atoms with van der Waals surface area (Å²) >= 11 is 6.17. The lowest BCUT2D eigenvalue weighted by atomic mass is 9.96. The predicted molar refractivity (Wildman–Crippen MR) is 114 cm³/mol. The predicted octanol–water partition coefficient (Wildman–Crippen LogP) is 2.83. The summed E-state index contributed by atoms with van der Waals surface area (Å²) in [7, 11) is 0. The van der Waals surface area contributed by atoms with Gasteiger partial charge in [-0.05, 0) is 66.3 Å². The number of likely N-dealkylation sites (tertiary alicyclic amines) is 1. The molecular weight excluding hydrogens is 402 g/mol. The Morgan fingerprint density at radius 3 is 2.83 bits per heavy atom. The van der Waals surface area contributed by atoms with Crippen LogP contribution in [0, 0.1) is 12.8 Å². The van der Waals surface area contributed by atoms with Gasteiger partial charge >= 0.3 is 0 Å². The molecule has 1 aliphatic heterocycles. The largest absolute Gasteiger partial charge is 0.339 e. The second-order valence-corrected chi connectivity index (χ2v) is 7.98. The summed E-state index contributed by atoms with van der Waals surface area (Å²) < 4.78 is 1.97. The molecule has 8 nitrogen and oxygen atoms in total. The van der Waals surface area contributed by atoms with Crippen molar-refractivity contribution in [1.82, 2.24) is 34.9 Å². The van der Waals surface area contributed by atoms with E-state index in [1.807, 2.05) is 46.1 Å². The number of hydrogen-bond donors (Lipinski definition) is 0. The topological polar surface area (TPSA) is 81.7 Å². The van der Waals surface area contributed by atoms with Gasteiger partial charge in [0, 0.05) is 43.1 Å². The van der Waals surface area contributed by atoms with Gasteiger partial charge in [0.1, 0.15) is 0 Å². The van der Waals surface area contributed by atoms with Crippen LogP contribution in [0.3, 0.4) is 0 Å². The highest BCUT2D eigenvalue weighted by atomic mass is 35.5. The molecule has 30 heavy (non-hydrogen) atoms. The van der Waals surface area contributed by atoms with Crippen molar-refractivity contribution in [2.75, 3.05) is 13.1 Å². The number of rotatable bonds is 6. The number of aryl methyl sites for hydroxylation is 1. The monoisotopic (exact) mass is 425 g/mol. The first-order chi connectivity index (χ1) is 14.6. The Kier molecular flexibility index (Phi) is 6.23. The molecule has 1 fully saturated rings. The molecular formula is C21H24ClN7O. The average Bonchev–Trinajstić information content (AvgIpc) is 3.39. The summed E-state index contributed by atoms with van der Waals surface area (Å²) in [4.78, 5) is 16.1. The molecule has 0 spiro atoms. The van der Waals surface area contributed by atoms with Gasteiger partial charge < -0.3 is 4.90 Å². The van der Waals surface area contributed by atoms with Gasteiger partial charge in [0.05, 0.1) is 6.54 Å². The maximum atomic E-state index is 12.7. The molecule has 0 atom stereocenters. The van der Waals surface area contributed by atoms with Gasteiger partial charge in [-0.25, -0.2) is 0 Å². The minimum atomic E-state index is 0.0307. The van der Waals surface area contributed by atoms with Gasteiger partial charge in [-0.15, -0.1) is 10.2 Å². The molecule has 1 amide bonds. The standard InChI is InChI=1S/C21H24ClN7O/c1-16-24-26-29(25-16)15-19-13-20(22)5-3-18(19)4-6-21(30)27-11-7-17(8-12-27)14-28-10-2-9-23-28/h2-6,9-10,13,17H,7-8,11-12,14-15H2,1H3. The fourth-order valence-electron chi connectivity index (χ4n) is 3.69. The first-order valence-electron chi connectivity index (χ1n) is 10.0. The quantitative estimate of drug-likeness (QED) is 0.567. The Bertz CT molecular complexity index is 1020. The molecule has 3 aromatic rings. The lowest BCUT2D eigenvalue weighted by molar-refractivity contribution is -0.127. The average molecular weight is 426 g/mol. The van der Waals surface area contributed by atoms with Crippen molar-refractivity contribution in [2.24, 2.45) is 5.92 Å². The van der Waals surface area contributed by atoms with Gasteiger partial charge in [0.25, 0.3) is 0 Å². The van der Waals surface area contributed by atoms with Gasteiger partial charge in [0.15, 0.2) is 5.82 Å². The van der Waals surface area contributed by atoms with Gasteiger partial charge in [-0.1, -0.05) is 17.7 Å². The van der Waals surface area contributed by atoms with Crippen molar-refractivity contribution in [2.45, 2.75) is 32.9 Å². The lowest BCUT2D eigenvalue weighted by Gasteiger charge is -2.31. The molecule has 4 rings (SSSR count). The number of nitrogens with zero attached hydrogens (tertiary/aromatic N) is 7. The number of hydrogen-bond acceptors (Lipinski definition) is 5. The van der Waals surface area contributed by atoms with Crippen molar-refractivity contribution >= 4 is 23.6 Å². The maximum Gasteiger partial charge on any atom is 0.246 e. The number of aromatic nitrogens is 6. The van der Waals surface area contributed by atoms with Crippen LogP contribution in [-0.4, -0.2) is 53.9 Å². The minimum absolute atomic E-state index is 0.0307. The van der Waals surface area contributed by atoms with Crippen molar-refractivity contribution < 1.29 is 4.79 Å². The zero-order chi connectivity index (χ0) is 20.9. The highest BCUT2D eigenvalue weighted by Gasteiger charge is 2.22. The number of tetrazole rings is 1. The van der Waals surface area contributed by atoms with E-state index >= 15 is 0 Å². The van der Waals surface area contributed by atoms with Crippen LogP contribution in [0.5, 0.6) is 0 Å². The van der Waals surface area contributed by atoms with E-state index in [1.165, 1.54) is 4.80 Å². The Balaban J connectivity index is 1.37. The maximum absolute atomic E-state index is 12.7. The molecule has 1 saturated heterocycles. The van der Waals surface area contributed by atoms with Crippen LogP contribution in [0.2, 0.25) is 5.02 Å². The van der Waals surface area contributed by atoms with E-state index in [1.54, 1.807) is 19.2 Å². The van der Waals surface area contributed by atoms with E-state index in [0.29, 0.717) is 23.3 Å². The van der Waals surface area contributed by atoms with Crippen LogP contribution in [-0.2, 0) is 17.9 Å². The molecule has 0 bridgehead atoms. The third-order valence-electron chi connectivity index (χ3n) is 5.31. The smallest absolute Gasteiger partial charge is 0.246 e. The summed E-state index contributed by atoms with van der Waals surface area (Å²) in [6, 6.07) is 7.53. The van der Waals surface area contributed by atoms with E-state index in [9.17, 15) is 4.79 Å². The van der Waals surface area contributed by atoms with Crippen molar-refractivity contribution in [3.63, 3.8) is 0 Å². The van der Waals surface area contributed by atoms with Crippen LogP contribution in [0.25, 0.3) is 6.08 Å².